The van der Waals surface area contributed by atoms with Crippen LogP contribution in [0.25, 0.3) is 0 Å². The molecule has 3 heterocycles. The molecule has 56 heavy (non-hydrogen) atoms. The lowest BCUT2D eigenvalue weighted by Crippen LogP contribution is -2.58. The molecule has 16 heteroatoms. The van der Waals surface area contributed by atoms with Crippen LogP contribution in [0.2, 0.25) is 0 Å². The number of carbonyl (C=O) groups is 4. The highest BCUT2D eigenvalue weighted by molar-refractivity contribution is 7.80. The molecule has 0 spiro atoms. The number of thiocarbonyl (C=S) groups is 1. The first-order valence-corrected chi connectivity index (χ1v) is 19.5. The van der Waals surface area contributed by atoms with Crippen molar-refractivity contribution in [3.05, 3.63) is 59.2 Å². The van der Waals surface area contributed by atoms with Crippen LogP contribution >= 0.6 is 12.2 Å². The Balaban J connectivity index is 0.942. The molecular formula is C40H48F3N7O5S. The van der Waals surface area contributed by atoms with Gasteiger partial charge in [-0.1, -0.05) is 12.1 Å². The molecule has 300 valence electrons. The normalized spacial score (nSPS) is 26.3. The fourth-order valence-corrected chi connectivity index (χ4v) is 9.18. The van der Waals surface area contributed by atoms with E-state index in [4.69, 9.17) is 17.0 Å². The molecule has 3 aliphatic heterocycles. The molecule has 4 amide bonds. The van der Waals surface area contributed by atoms with E-state index in [1.54, 1.807) is 32.0 Å². The quantitative estimate of drug-likeness (QED) is 0.245. The Morgan fingerprint density at radius 2 is 1.68 bits per heavy atom. The molecule has 2 N–H and O–H groups in total. The highest BCUT2D eigenvalue weighted by atomic mass is 32.1. The maximum absolute atomic E-state index is 13.7. The van der Waals surface area contributed by atoms with E-state index in [1.807, 2.05) is 17.0 Å². The van der Waals surface area contributed by atoms with Crippen LogP contribution in [0.4, 0.5) is 24.5 Å². The van der Waals surface area contributed by atoms with Crippen molar-refractivity contribution >= 4 is 52.3 Å². The van der Waals surface area contributed by atoms with E-state index in [-0.39, 0.29) is 65.2 Å². The molecule has 0 aromatic heterocycles. The summed E-state index contributed by atoms with van der Waals surface area (Å²) >= 11 is 5.73. The maximum Gasteiger partial charge on any atom is 0.417 e. The van der Waals surface area contributed by atoms with Crippen LogP contribution in [-0.2, 0) is 30.1 Å². The summed E-state index contributed by atoms with van der Waals surface area (Å²) in [4.78, 5) is 57.9. The number of alkyl halides is 3. The minimum absolute atomic E-state index is 0.0118. The van der Waals surface area contributed by atoms with Gasteiger partial charge in [0.05, 0.1) is 48.1 Å². The molecule has 2 aromatic carbocycles. The van der Waals surface area contributed by atoms with Crippen molar-refractivity contribution < 1.29 is 37.1 Å². The Labute approximate surface area is 330 Å². The number of piperazine rings is 1. The molecule has 4 aliphatic rings. The van der Waals surface area contributed by atoms with Crippen molar-refractivity contribution in [1.82, 2.24) is 20.0 Å². The van der Waals surface area contributed by atoms with Gasteiger partial charge in [0, 0.05) is 49.9 Å². The van der Waals surface area contributed by atoms with E-state index in [0.717, 1.165) is 55.1 Å². The van der Waals surface area contributed by atoms with E-state index in [9.17, 15) is 37.6 Å². The van der Waals surface area contributed by atoms with Crippen molar-refractivity contribution in [3.8, 4) is 6.07 Å². The standard InChI is InChI=1S/C40H48F3N7O5S/c1-24-21-47(22-25(2)48(24)23-35(52)45-28-8-5-26(6-9-28)32-15-16-34(51)46-36(32)53)17-18-55-31-13-11-29(12-14-31)50-38(56)49(37(54)39(50,3)4)30-10-7-27(20-44)33(19-30)40(41,42)43/h5-10,19,24-25,29,31-32H,11-18,21-23H2,1-4H3,(H,45,52)(H,46,51,53)/t24-,25+,29-,31-,32?. The minimum atomic E-state index is -4.76. The number of hydrogen-bond acceptors (Lipinski definition) is 9. The average Bonchev–Trinajstić information content (AvgIpc) is 3.32. The summed E-state index contributed by atoms with van der Waals surface area (Å²) in [6, 6.07) is 12.2. The minimum Gasteiger partial charge on any atom is -0.377 e. The monoisotopic (exact) mass is 795 g/mol. The number of carbonyl (C=O) groups excluding carboxylic acids is 4. The molecule has 3 saturated heterocycles. The zero-order valence-corrected chi connectivity index (χ0v) is 32.8. The zero-order valence-electron chi connectivity index (χ0n) is 32.0. The van der Waals surface area contributed by atoms with E-state index >= 15 is 0 Å². The third-order valence-electron chi connectivity index (χ3n) is 11.5. The Morgan fingerprint density at radius 3 is 2.29 bits per heavy atom. The summed E-state index contributed by atoms with van der Waals surface area (Å²) < 4.78 is 47.5. The largest absolute Gasteiger partial charge is 0.417 e. The number of nitrogens with zero attached hydrogens (tertiary/aromatic N) is 5. The van der Waals surface area contributed by atoms with Gasteiger partial charge in [-0.2, -0.15) is 18.4 Å². The van der Waals surface area contributed by atoms with Gasteiger partial charge >= 0.3 is 6.18 Å². The summed E-state index contributed by atoms with van der Waals surface area (Å²) in [6.45, 7) is 10.8. The second-order valence-corrected chi connectivity index (χ2v) is 16.2. The van der Waals surface area contributed by atoms with E-state index < -0.39 is 28.7 Å². The number of halogens is 3. The van der Waals surface area contributed by atoms with Gasteiger partial charge in [0.1, 0.15) is 5.54 Å². The van der Waals surface area contributed by atoms with Crippen LogP contribution in [0, 0.1) is 11.3 Å². The molecule has 1 saturated carbocycles. The van der Waals surface area contributed by atoms with Gasteiger partial charge in [0.15, 0.2) is 5.11 Å². The van der Waals surface area contributed by atoms with Gasteiger partial charge in [-0.25, -0.2) is 0 Å². The molecule has 0 bridgehead atoms. The lowest BCUT2D eigenvalue weighted by molar-refractivity contribution is -0.138. The van der Waals surface area contributed by atoms with Gasteiger partial charge in [0.2, 0.25) is 17.7 Å². The van der Waals surface area contributed by atoms with E-state index in [1.165, 1.54) is 6.07 Å². The number of rotatable bonds is 10. The number of anilines is 2. The summed E-state index contributed by atoms with van der Waals surface area (Å²) in [6.07, 6.45) is -1.05. The number of nitriles is 1. The summed E-state index contributed by atoms with van der Waals surface area (Å²) in [5.41, 5.74) is -1.25. The first kappa shape index (κ1) is 41.2. The van der Waals surface area contributed by atoms with Crippen LogP contribution in [0.5, 0.6) is 0 Å². The number of piperidine rings is 1. The third-order valence-corrected chi connectivity index (χ3v) is 11.9. The lowest BCUT2D eigenvalue weighted by atomic mass is 9.89. The number of hydrogen-bond donors (Lipinski definition) is 2. The Kier molecular flexibility index (Phi) is 12.2. The third kappa shape index (κ3) is 8.76. The number of imide groups is 1. The topological polar surface area (TPSA) is 138 Å². The SMILES string of the molecule is C[C@@H]1CN(CCO[C@H]2CC[C@H](N3C(=S)N(c4ccc(C#N)c(C(F)(F)F)c4)C(=O)C3(C)C)CC2)C[C@H](C)N1CC(=O)Nc1ccc(C2CCC(=O)NC2=O)cc1. The van der Waals surface area contributed by atoms with Gasteiger partial charge in [-0.3, -0.25) is 39.2 Å². The van der Waals surface area contributed by atoms with Gasteiger partial charge in [-0.15, -0.1) is 0 Å². The molecule has 2 aromatic rings. The number of nitrogens with one attached hydrogen (secondary N) is 2. The van der Waals surface area contributed by atoms with Crippen LogP contribution < -0.4 is 15.5 Å². The fourth-order valence-electron chi connectivity index (χ4n) is 8.61. The molecule has 3 atom stereocenters. The van der Waals surface area contributed by atoms with E-state index in [0.29, 0.717) is 38.0 Å². The molecule has 0 radical (unpaired) electrons. The lowest BCUT2D eigenvalue weighted by Gasteiger charge is -2.44. The zero-order chi connectivity index (χ0) is 40.5. The van der Waals surface area contributed by atoms with Gasteiger partial charge < -0.3 is 15.0 Å². The van der Waals surface area contributed by atoms with Crippen LogP contribution in [0.1, 0.15) is 88.8 Å². The molecule has 1 unspecified atom stereocenters. The molecular weight excluding hydrogens is 748 g/mol. The molecule has 1 aliphatic carbocycles. The smallest absolute Gasteiger partial charge is 0.377 e. The average molecular weight is 796 g/mol. The van der Waals surface area contributed by atoms with Crippen LogP contribution in [-0.4, -0.2) is 106 Å². The molecule has 4 fully saturated rings. The summed E-state index contributed by atoms with van der Waals surface area (Å²) in [5.74, 6) is -1.46. The summed E-state index contributed by atoms with van der Waals surface area (Å²) in [7, 11) is 0. The summed E-state index contributed by atoms with van der Waals surface area (Å²) in [5, 5.41) is 14.7. The van der Waals surface area contributed by atoms with Crippen LogP contribution in [0.3, 0.4) is 0 Å². The predicted molar refractivity (Wildman–Crippen MR) is 206 cm³/mol. The van der Waals surface area contributed by atoms with Crippen LogP contribution in [0.15, 0.2) is 42.5 Å². The first-order valence-electron chi connectivity index (χ1n) is 19.1. The Morgan fingerprint density at radius 1 is 1.02 bits per heavy atom. The maximum atomic E-state index is 13.7. The van der Waals surface area contributed by atoms with Crippen molar-refractivity contribution in [2.75, 3.05) is 43.0 Å². The van der Waals surface area contributed by atoms with Gasteiger partial charge in [0.25, 0.3) is 5.91 Å². The van der Waals surface area contributed by atoms with Crippen molar-refractivity contribution in [3.63, 3.8) is 0 Å². The molecule has 12 nitrogen and oxygen atoms in total. The Hall–Kier alpha value is -4.43. The van der Waals surface area contributed by atoms with Crippen molar-refractivity contribution in [2.45, 2.75) is 108 Å². The second kappa shape index (κ2) is 16.6. The second-order valence-electron chi connectivity index (χ2n) is 15.8. The number of amides is 4. The molecule has 6 rings (SSSR count). The van der Waals surface area contributed by atoms with Gasteiger partial charge in [-0.05, 0) is 108 Å². The number of ether oxygens (including phenoxy) is 1. The van der Waals surface area contributed by atoms with Crippen molar-refractivity contribution in [2.24, 2.45) is 0 Å². The highest BCUT2D eigenvalue weighted by Gasteiger charge is 2.52. The predicted octanol–water partition coefficient (Wildman–Crippen LogP) is 5.17. The number of benzene rings is 2. The van der Waals surface area contributed by atoms with Crippen molar-refractivity contribution in [1.29, 1.82) is 5.26 Å². The van der Waals surface area contributed by atoms with E-state index in [2.05, 4.69) is 34.3 Å². The highest BCUT2D eigenvalue weighted by Crippen LogP contribution is 2.41. The Bertz CT molecular complexity index is 1880. The first-order chi connectivity index (χ1) is 26.5. The fraction of sp³-hybridized carbons (Fsp3) is 0.550.